The van der Waals surface area contributed by atoms with Crippen molar-refractivity contribution in [3.63, 3.8) is 0 Å². The van der Waals surface area contributed by atoms with Crippen molar-refractivity contribution in [1.82, 2.24) is 20.5 Å². The van der Waals surface area contributed by atoms with Gasteiger partial charge in [0.05, 0.1) is 10.7 Å². The SMILES string of the molecule is CCc1nc(CCNC(=NC)NCC2CCCN(C)C2c2cccs2)cs1.I. The summed E-state index contributed by atoms with van der Waals surface area (Å²) >= 11 is 3.62. The van der Waals surface area contributed by atoms with E-state index in [4.69, 9.17) is 0 Å². The largest absolute Gasteiger partial charge is 0.356 e. The van der Waals surface area contributed by atoms with Crippen LogP contribution in [0, 0.1) is 5.92 Å². The first-order valence-corrected chi connectivity index (χ1v) is 11.6. The van der Waals surface area contributed by atoms with Crippen LogP contribution in [0.2, 0.25) is 0 Å². The number of thiophene rings is 1. The first-order valence-electron chi connectivity index (χ1n) is 9.82. The molecule has 2 unspecified atom stereocenters. The average molecular weight is 534 g/mol. The Hall–Kier alpha value is -0.710. The van der Waals surface area contributed by atoms with Crippen molar-refractivity contribution in [2.45, 2.75) is 38.6 Å². The van der Waals surface area contributed by atoms with E-state index in [0.29, 0.717) is 12.0 Å². The van der Waals surface area contributed by atoms with Crippen LogP contribution in [0.4, 0.5) is 0 Å². The van der Waals surface area contributed by atoms with Crippen molar-refractivity contribution in [2.24, 2.45) is 10.9 Å². The number of halogens is 1. The van der Waals surface area contributed by atoms with Gasteiger partial charge in [-0.2, -0.15) is 0 Å². The van der Waals surface area contributed by atoms with Gasteiger partial charge in [0.1, 0.15) is 0 Å². The summed E-state index contributed by atoms with van der Waals surface area (Å²) in [5, 5.41) is 12.6. The Bertz CT molecular complexity index is 716. The van der Waals surface area contributed by atoms with Crippen molar-refractivity contribution in [2.75, 3.05) is 33.7 Å². The topological polar surface area (TPSA) is 52.6 Å². The average Bonchev–Trinajstić information content (AvgIpc) is 3.36. The summed E-state index contributed by atoms with van der Waals surface area (Å²) in [5.74, 6) is 1.49. The number of rotatable bonds is 7. The third-order valence-corrected chi connectivity index (χ3v) is 7.16. The summed E-state index contributed by atoms with van der Waals surface area (Å²) in [5.41, 5.74) is 1.17. The molecule has 8 heteroatoms. The van der Waals surface area contributed by atoms with Gasteiger partial charge in [0.2, 0.25) is 0 Å². The van der Waals surface area contributed by atoms with Crippen molar-refractivity contribution in [3.8, 4) is 0 Å². The van der Waals surface area contributed by atoms with Crippen LogP contribution in [0.15, 0.2) is 27.9 Å². The van der Waals surface area contributed by atoms with E-state index < -0.39 is 0 Å². The maximum atomic E-state index is 4.63. The van der Waals surface area contributed by atoms with Crippen LogP contribution in [-0.4, -0.2) is 49.6 Å². The number of nitrogens with zero attached hydrogens (tertiary/aromatic N) is 3. The second-order valence-corrected chi connectivity index (χ2v) is 8.98. The Balaban J connectivity index is 0.00000280. The lowest BCUT2D eigenvalue weighted by Crippen LogP contribution is -2.45. The molecule has 5 nitrogen and oxygen atoms in total. The van der Waals surface area contributed by atoms with E-state index in [9.17, 15) is 0 Å². The van der Waals surface area contributed by atoms with Crippen molar-refractivity contribution >= 4 is 52.6 Å². The molecule has 0 aromatic carbocycles. The van der Waals surface area contributed by atoms with Crippen LogP contribution < -0.4 is 10.6 Å². The molecule has 2 aromatic rings. The highest BCUT2D eigenvalue weighted by atomic mass is 127. The molecule has 28 heavy (non-hydrogen) atoms. The summed E-state index contributed by atoms with van der Waals surface area (Å²) < 4.78 is 0. The number of aliphatic imine (C=N–C) groups is 1. The highest BCUT2D eigenvalue weighted by Crippen LogP contribution is 2.36. The summed E-state index contributed by atoms with van der Waals surface area (Å²) in [7, 11) is 4.10. The summed E-state index contributed by atoms with van der Waals surface area (Å²) in [6, 6.07) is 4.94. The Morgan fingerprint density at radius 3 is 2.89 bits per heavy atom. The van der Waals surface area contributed by atoms with Gasteiger partial charge in [-0.1, -0.05) is 13.0 Å². The molecule has 1 fully saturated rings. The monoisotopic (exact) mass is 533 g/mol. The van der Waals surface area contributed by atoms with E-state index in [0.717, 1.165) is 31.9 Å². The number of hydrogen-bond acceptors (Lipinski definition) is 5. The number of likely N-dealkylation sites (tertiary alicyclic amines) is 1. The van der Waals surface area contributed by atoms with Crippen molar-refractivity contribution in [3.05, 3.63) is 38.5 Å². The molecule has 0 spiro atoms. The predicted molar refractivity (Wildman–Crippen MR) is 132 cm³/mol. The molecular formula is C20H32IN5S2. The highest BCUT2D eigenvalue weighted by molar-refractivity contribution is 14.0. The summed E-state index contributed by atoms with van der Waals surface area (Å²) in [6.45, 7) is 5.13. The second-order valence-electron chi connectivity index (χ2n) is 7.06. The number of nitrogens with one attached hydrogen (secondary N) is 2. The van der Waals surface area contributed by atoms with E-state index in [-0.39, 0.29) is 24.0 Å². The van der Waals surface area contributed by atoms with E-state index >= 15 is 0 Å². The fraction of sp³-hybridized carbons (Fsp3) is 0.600. The van der Waals surface area contributed by atoms with Gasteiger partial charge in [0, 0.05) is 42.9 Å². The Morgan fingerprint density at radius 2 is 2.21 bits per heavy atom. The molecule has 3 rings (SSSR count). The maximum absolute atomic E-state index is 4.63. The lowest BCUT2D eigenvalue weighted by molar-refractivity contribution is 0.125. The normalized spacial score (nSPS) is 20.6. The number of guanidine groups is 1. The van der Waals surface area contributed by atoms with Gasteiger partial charge in [-0.25, -0.2) is 4.98 Å². The van der Waals surface area contributed by atoms with Gasteiger partial charge in [0.25, 0.3) is 0 Å². The molecule has 2 aromatic heterocycles. The Labute approximate surface area is 194 Å². The van der Waals surface area contributed by atoms with Crippen molar-refractivity contribution in [1.29, 1.82) is 0 Å². The van der Waals surface area contributed by atoms with Crippen LogP contribution in [0.3, 0.4) is 0 Å². The quantitative estimate of drug-likeness (QED) is 0.319. The molecular weight excluding hydrogens is 501 g/mol. The van der Waals surface area contributed by atoms with Gasteiger partial charge in [-0.15, -0.1) is 46.7 Å². The number of aryl methyl sites for hydroxylation is 1. The van der Waals surface area contributed by atoms with Gasteiger partial charge in [-0.3, -0.25) is 9.89 Å². The molecule has 1 aliphatic rings. The van der Waals surface area contributed by atoms with E-state index in [1.807, 2.05) is 18.4 Å². The molecule has 3 heterocycles. The van der Waals surface area contributed by atoms with Crippen LogP contribution in [0.25, 0.3) is 0 Å². The van der Waals surface area contributed by atoms with Gasteiger partial charge in [-0.05, 0) is 50.2 Å². The molecule has 0 bridgehead atoms. The maximum Gasteiger partial charge on any atom is 0.190 e. The zero-order valence-corrected chi connectivity index (χ0v) is 20.9. The van der Waals surface area contributed by atoms with Crippen LogP contribution >= 0.6 is 46.7 Å². The molecule has 0 radical (unpaired) electrons. The molecule has 156 valence electrons. The number of thiazole rings is 1. The fourth-order valence-corrected chi connectivity index (χ4v) is 5.53. The standard InChI is InChI=1S/C20H31N5S2.HI/c1-4-18-24-16(14-27-18)9-10-22-20(21-2)23-13-15-7-5-11-25(3)19(15)17-8-6-12-26-17;/h6,8,12,14-15,19H,4-5,7,9-11,13H2,1-3H3,(H2,21,22,23);1H. The first-order chi connectivity index (χ1) is 13.2. The first kappa shape index (κ1) is 23.6. The van der Waals surface area contributed by atoms with Crippen LogP contribution in [0.1, 0.15) is 41.4 Å². The van der Waals surface area contributed by atoms with E-state index in [1.54, 1.807) is 11.3 Å². The second kappa shape index (κ2) is 12.1. The van der Waals surface area contributed by atoms with E-state index in [2.05, 4.69) is 62.4 Å². The highest BCUT2D eigenvalue weighted by Gasteiger charge is 2.31. The Kier molecular flexibility index (Phi) is 10.2. The van der Waals surface area contributed by atoms with Crippen LogP contribution in [0.5, 0.6) is 0 Å². The lowest BCUT2D eigenvalue weighted by atomic mass is 9.88. The zero-order valence-electron chi connectivity index (χ0n) is 17.0. The fourth-order valence-electron chi connectivity index (χ4n) is 3.77. The minimum absolute atomic E-state index is 0. The molecule has 2 N–H and O–H groups in total. The van der Waals surface area contributed by atoms with Gasteiger partial charge >= 0.3 is 0 Å². The minimum atomic E-state index is 0. The van der Waals surface area contributed by atoms with Gasteiger partial charge < -0.3 is 10.6 Å². The minimum Gasteiger partial charge on any atom is -0.356 e. The summed E-state index contributed by atoms with van der Waals surface area (Å²) in [6.07, 6.45) is 4.47. The third kappa shape index (κ3) is 6.40. The van der Waals surface area contributed by atoms with E-state index in [1.165, 1.54) is 35.0 Å². The molecule has 0 aliphatic carbocycles. The molecule has 0 amide bonds. The summed E-state index contributed by atoms with van der Waals surface area (Å²) in [4.78, 5) is 13.0. The molecule has 1 aliphatic heterocycles. The zero-order chi connectivity index (χ0) is 19.1. The molecule has 2 atom stereocenters. The molecule has 1 saturated heterocycles. The van der Waals surface area contributed by atoms with Crippen molar-refractivity contribution < 1.29 is 0 Å². The Morgan fingerprint density at radius 1 is 1.36 bits per heavy atom. The molecule has 0 saturated carbocycles. The smallest absolute Gasteiger partial charge is 0.190 e. The number of piperidine rings is 1. The number of aromatic nitrogens is 1. The third-order valence-electron chi connectivity index (χ3n) is 5.17. The van der Waals surface area contributed by atoms with Crippen LogP contribution in [-0.2, 0) is 12.8 Å². The number of hydrogen-bond donors (Lipinski definition) is 2. The van der Waals surface area contributed by atoms with Gasteiger partial charge in [0.15, 0.2) is 5.96 Å². The lowest BCUT2D eigenvalue weighted by Gasteiger charge is -2.39. The predicted octanol–water partition coefficient (Wildman–Crippen LogP) is 4.18.